The van der Waals surface area contributed by atoms with Crippen molar-refractivity contribution in [2.75, 3.05) is 13.7 Å². The minimum absolute atomic E-state index is 0.0992. The van der Waals surface area contributed by atoms with Crippen molar-refractivity contribution in [2.24, 2.45) is 5.73 Å². The van der Waals surface area contributed by atoms with Crippen molar-refractivity contribution in [1.82, 2.24) is 0 Å². The molecule has 2 atom stereocenters. The number of aliphatic hydroxyl groups is 1. The predicted molar refractivity (Wildman–Crippen MR) is 68.2 cm³/mol. The molecule has 0 aliphatic heterocycles. The Balaban J connectivity index is 2.35. The van der Waals surface area contributed by atoms with Gasteiger partial charge in [0.25, 0.3) is 0 Å². The normalized spacial score (nSPS) is 32.7. The molecule has 0 radical (unpaired) electrons. The molecule has 2 rings (SSSR count). The number of benzene rings is 1. The van der Waals surface area contributed by atoms with E-state index < -0.39 is 5.60 Å². The lowest BCUT2D eigenvalue weighted by molar-refractivity contribution is 0.0612. The van der Waals surface area contributed by atoms with Crippen LogP contribution >= 0.6 is 0 Å². The molecular weight excluding hydrogens is 214 g/mol. The maximum absolute atomic E-state index is 10.2. The first kappa shape index (κ1) is 12.4. The molecule has 3 heteroatoms. The maximum Gasteiger partial charge on any atom is 0.119 e. The molecule has 0 heterocycles. The zero-order chi connectivity index (χ0) is 12.5. The fourth-order valence-corrected chi connectivity index (χ4v) is 2.91. The second-order valence-electron chi connectivity index (χ2n) is 5.39. The van der Waals surface area contributed by atoms with Crippen molar-refractivity contribution < 1.29 is 9.84 Å². The highest BCUT2D eigenvalue weighted by Crippen LogP contribution is 2.46. The van der Waals surface area contributed by atoms with Gasteiger partial charge in [0.15, 0.2) is 0 Å². The van der Waals surface area contributed by atoms with Crippen LogP contribution in [0.2, 0.25) is 0 Å². The van der Waals surface area contributed by atoms with E-state index in [4.69, 9.17) is 10.5 Å². The zero-order valence-corrected chi connectivity index (χ0v) is 10.6. The fraction of sp³-hybridized carbons (Fsp3) is 0.571. The zero-order valence-electron chi connectivity index (χ0n) is 10.6. The van der Waals surface area contributed by atoms with Crippen LogP contribution in [0.15, 0.2) is 24.3 Å². The van der Waals surface area contributed by atoms with Gasteiger partial charge in [0.2, 0.25) is 0 Å². The monoisotopic (exact) mass is 235 g/mol. The van der Waals surface area contributed by atoms with E-state index in [1.807, 2.05) is 25.1 Å². The molecule has 3 N–H and O–H groups in total. The lowest BCUT2D eigenvalue weighted by atomic mass is 9.78. The minimum atomic E-state index is -0.595. The van der Waals surface area contributed by atoms with Crippen LogP contribution in [0.5, 0.6) is 5.75 Å². The van der Waals surface area contributed by atoms with Crippen molar-refractivity contribution >= 4 is 0 Å². The number of methoxy groups -OCH3 is 1. The summed E-state index contributed by atoms with van der Waals surface area (Å²) in [7, 11) is 1.67. The van der Waals surface area contributed by atoms with Crippen molar-refractivity contribution in [3.8, 4) is 5.75 Å². The van der Waals surface area contributed by atoms with Crippen LogP contribution in [0.4, 0.5) is 0 Å². The SMILES string of the molecule is COc1cccc(C2(CN)CCC(C)(O)C2)c1. The van der Waals surface area contributed by atoms with Crippen LogP contribution in [0, 0.1) is 0 Å². The summed E-state index contributed by atoms with van der Waals surface area (Å²) >= 11 is 0. The summed E-state index contributed by atoms with van der Waals surface area (Å²) in [5, 5.41) is 10.2. The molecule has 0 bridgehead atoms. The lowest BCUT2D eigenvalue weighted by Crippen LogP contribution is -2.35. The molecule has 1 aromatic carbocycles. The van der Waals surface area contributed by atoms with Gasteiger partial charge >= 0.3 is 0 Å². The van der Waals surface area contributed by atoms with E-state index in [9.17, 15) is 5.11 Å². The van der Waals surface area contributed by atoms with Crippen LogP contribution in [0.3, 0.4) is 0 Å². The Morgan fingerprint density at radius 2 is 2.18 bits per heavy atom. The summed E-state index contributed by atoms with van der Waals surface area (Å²) in [6.45, 7) is 2.46. The van der Waals surface area contributed by atoms with E-state index in [0.29, 0.717) is 6.54 Å². The van der Waals surface area contributed by atoms with Crippen LogP contribution in [-0.4, -0.2) is 24.4 Å². The molecule has 0 spiro atoms. The van der Waals surface area contributed by atoms with E-state index in [2.05, 4.69) is 6.07 Å². The molecule has 0 amide bonds. The van der Waals surface area contributed by atoms with Gasteiger partial charge in [-0.2, -0.15) is 0 Å². The molecule has 1 aromatic rings. The van der Waals surface area contributed by atoms with Gasteiger partial charge in [-0.3, -0.25) is 0 Å². The molecule has 3 nitrogen and oxygen atoms in total. The first-order valence-electron chi connectivity index (χ1n) is 6.08. The Morgan fingerprint density at radius 1 is 1.41 bits per heavy atom. The second kappa shape index (κ2) is 4.31. The summed E-state index contributed by atoms with van der Waals surface area (Å²) in [5.41, 5.74) is 6.45. The first-order chi connectivity index (χ1) is 8.01. The third kappa shape index (κ3) is 2.31. The van der Waals surface area contributed by atoms with Crippen LogP contribution in [0.1, 0.15) is 31.7 Å². The van der Waals surface area contributed by atoms with Crippen LogP contribution in [-0.2, 0) is 5.41 Å². The van der Waals surface area contributed by atoms with Crippen molar-refractivity contribution in [2.45, 2.75) is 37.2 Å². The van der Waals surface area contributed by atoms with E-state index in [-0.39, 0.29) is 5.41 Å². The Kier molecular flexibility index (Phi) is 3.15. The Bertz CT molecular complexity index is 403. The molecule has 0 aromatic heterocycles. The molecule has 17 heavy (non-hydrogen) atoms. The highest BCUT2D eigenvalue weighted by atomic mass is 16.5. The van der Waals surface area contributed by atoms with Gasteiger partial charge in [0, 0.05) is 12.0 Å². The lowest BCUT2D eigenvalue weighted by Gasteiger charge is -2.29. The summed E-state index contributed by atoms with van der Waals surface area (Å²) in [4.78, 5) is 0. The fourth-order valence-electron chi connectivity index (χ4n) is 2.91. The van der Waals surface area contributed by atoms with Gasteiger partial charge in [0.05, 0.1) is 12.7 Å². The van der Waals surface area contributed by atoms with E-state index in [1.54, 1.807) is 7.11 Å². The number of hydrogen-bond donors (Lipinski definition) is 2. The summed E-state index contributed by atoms with van der Waals surface area (Å²) in [6.07, 6.45) is 2.47. The number of rotatable bonds is 3. The Morgan fingerprint density at radius 3 is 2.71 bits per heavy atom. The summed E-state index contributed by atoms with van der Waals surface area (Å²) in [6, 6.07) is 8.03. The molecule has 2 unspecified atom stereocenters. The van der Waals surface area contributed by atoms with Gasteiger partial charge in [-0.1, -0.05) is 12.1 Å². The van der Waals surface area contributed by atoms with Crippen LogP contribution < -0.4 is 10.5 Å². The molecule has 94 valence electrons. The average molecular weight is 235 g/mol. The third-order valence-corrected chi connectivity index (χ3v) is 3.93. The van der Waals surface area contributed by atoms with E-state index in [1.165, 1.54) is 5.56 Å². The van der Waals surface area contributed by atoms with Gasteiger partial charge in [-0.05, 0) is 43.9 Å². The van der Waals surface area contributed by atoms with Gasteiger partial charge < -0.3 is 15.6 Å². The molecule has 0 saturated heterocycles. The number of ether oxygens (including phenoxy) is 1. The minimum Gasteiger partial charge on any atom is -0.497 e. The van der Waals surface area contributed by atoms with Crippen molar-refractivity contribution in [3.05, 3.63) is 29.8 Å². The predicted octanol–water partition coefficient (Wildman–Crippen LogP) is 1.83. The smallest absolute Gasteiger partial charge is 0.119 e. The standard InChI is InChI=1S/C14H21NO2/c1-13(16)6-7-14(9-13,10-15)11-4-3-5-12(8-11)17-2/h3-5,8,16H,6-7,9-10,15H2,1-2H3. The quantitative estimate of drug-likeness (QED) is 0.840. The summed E-state index contributed by atoms with van der Waals surface area (Å²) in [5.74, 6) is 0.849. The molecule has 1 fully saturated rings. The average Bonchev–Trinajstić information content (AvgIpc) is 2.66. The molecular formula is C14H21NO2. The van der Waals surface area contributed by atoms with E-state index in [0.717, 1.165) is 25.0 Å². The molecule has 1 aliphatic carbocycles. The van der Waals surface area contributed by atoms with Gasteiger partial charge in [0.1, 0.15) is 5.75 Å². The molecule has 1 saturated carbocycles. The largest absolute Gasteiger partial charge is 0.497 e. The Hall–Kier alpha value is -1.06. The van der Waals surface area contributed by atoms with E-state index >= 15 is 0 Å². The topological polar surface area (TPSA) is 55.5 Å². The van der Waals surface area contributed by atoms with Crippen molar-refractivity contribution in [1.29, 1.82) is 0 Å². The Labute approximate surface area is 103 Å². The maximum atomic E-state index is 10.2. The second-order valence-corrected chi connectivity index (χ2v) is 5.39. The highest BCUT2D eigenvalue weighted by Gasteiger charge is 2.44. The number of hydrogen-bond acceptors (Lipinski definition) is 3. The first-order valence-corrected chi connectivity index (χ1v) is 6.08. The van der Waals surface area contributed by atoms with Crippen LogP contribution in [0.25, 0.3) is 0 Å². The number of nitrogens with two attached hydrogens (primary N) is 1. The van der Waals surface area contributed by atoms with Gasteiger partial charge in [-0.25, -0.2) is 0 Å². The van der Waals surface area contributed by atoms with Gasteiger partial charge in [-0.15, -0.1) is 0 Å². The highest BCUT2D eigenvalue weighted by molar-refractivity contribution is 5.35. The third-order valence-electron chi connectivity index (χ3n) is 3.93. The van der Waals surface area contributed by atoms with Crippen molar-refractivity contribution in [3.63, 3.8) is 0 Å². The molecule has 1 aliphatic rings. The summed E-state index contributed by atoms with van der Waals surface area (Å²) < 4.78 is 5.25.